The fraction of sp³-hybridized carbons (Fsp3) is 0.556. The monoisotopic (exact) mass is 367 g/mol. The lowest BCUT2D eigenvalue weighted by Crippen LogP contribution is -2.48. The molecular weight excluding hydrogens is 342 g/mol. The highest BCUT2D eigenvalue weighted by molar-refractivity contribution is 5.96. The minimum Gasteiger partial charge on any atom is -0.480 e. The highest BCUT2D eigenvalue weighted by Gasteiger charge is 2.28. The summed E-state index contributed by atoms with van der Waals surface area (Å²) < 4.78 is 0. The zero-order chi connectivity index (χ0) is 17.1. The first-order valence-electron chi connectivity index (χ1n) is 8.57. The number of nitrogens with zero attached hydrogens (tertiary/aromatic N) is 3. The van der Waals surface area contributed by atoms with Gasteiger partial charge in [-0.25, -0.2) is 0 Å². The third-order valence-corrected chi connectivity index (χ3v) is 5.11. The predicted molar refractivity (Wildman–Crippen MR) is 99.5 cm³/mol. The number of para-hydroxylation sites is 1. The molecule has 1 amide bonds. The fourth-order valence-corrected chi connectivity index (χ4v) is 3.73. The number of anilines is 1. The van der Waals surface area contributed by atoms with Gasteiger partial charge in [0.25, 0.3) is 0 Å². The van der Waals surface area contributed by atoms with Crippen LogP contribution in [0.3, 0.4) is 0 Å². The maximum Gasteiger partial charge on any atom is 0.317 e. The number of carboxylic acids is 1. The lowest BCUT2D eigenvalue weighted by Gasteiger charge is -2.36. The molecule has 0 spiro atoms. The molecule has 0 saturated carbocycles. The molecule has 2 aliphatic rings. The van der Waals surface area contributed by atoms with Crippen LogP contribution in [-0.4, -0.2) is 72.6 Å². The van der Waals surface area contributed by atoms with Crippen LogP contribution in [0.5, 0.6) is 0 Å². The van der Waals surface area contributed by atoms with Crippen LogP contribution in [0.4, 0.5) is 5.69 Å². The van der Waals surface area contributed by atoms with Gasteiger partial charge in [0.15, 0.2) is 0 Å². The molecule has 0 unspecified atom stereocenters. The summed E-state index contributed by atoms with van der Waals surface area (Å²) in [5.41, 5.74) is 2.30. The van der Waals surface area contributed by atoms with Gasteiger partial charge in [-0.3, -0.25) is 19.4 Å². The molecule has 7 heteroatoms. The molecule has 0 bridgehead atoms. The van der Waals surface area contributed by atoms with Crippen molar-refractivity contribution >= 4 is 30.0 Å². The largest absolute Gasteiger partial charge is 0.480 e. The van der Waals surface area contributed by atoms with E-state index in [0.717, 1.165) is 44.6 Å². The van der Waals surface area contributed by atoms with E-state index in [1.807, 2.05) is 35.0 Å². The lowest BCUT2D eigenvalue weighted by atomic mass is 10.0. The van der Waals surface area contributed by atoms with E-state index >= 15 is 0 Å². The summed E-state index contributed by atoms with van der Waals surface area (Å²) in [4.78, 5) is 29.4. The van der Waals surface area contributed by atoms with Crippen LogP contribution in [0, 0.1) is 0 Å². The Bertz CT molecular complexity index is 617. The third kappa shape index (κ3) is 4.71. The molecule has 1 fully saturated rings. The molecule has 1 aromatic rings. The van der Waals surface area contributed by atoms with Gasteiger partial charge in [-0.05, 0) is 37.9 Å². The Kier molecular flexibility index (Phi) is 6.81. The topological polar surface area (TPSA) is 64.1 Å². The van der Waals surface area contributed by atoms with Crippen LogP contribution >= 0.6 is 12.4 Å². The van der Waals surface area contributed by atoms with E-state index in [1.165, 1.54) is 5.56 Å². The van der Waals surface area contributed by atoms with E-state index in [9.17, 15) is 9.59 Å². The number of piperidine rings is 1. The number of benzene rings is 1. The van der Waals surface area contributed by atoms with Crippen LogP contribution in [0.2, 0.25) is 0 Å². The van der Waals surface area contributed by atoms with E-state index in [1.54, 1.807) is 0 Å². The summed E-state index contributed by atoms with van der Waals surface area (Å²) in [7, 11) is 1.86. The maximum absolute atomic E-state index is 12.6. The number of hydrogen-bond donors (Lipinski definition) is 1. The Morgan fingerprint density at radius 1 is 1.20 bits per heavy atom. The molecular formula is C18H26ClN3O3. The summed E-state index contributed by atoms with van der Waals surface area (Å²) in [5, 5.41) is 8.88. The minimum absolute atomic E-state index is 0. The molecule has 2 aliphatic heterocycles. The molecule has 25 heavy (non-hydrogen) atoms. The maximum atomic E-state index is 12.6. The zero-order valence-electron chi connectivity index (χ0n) is 14.6. The Balaban J connectivity index is 0.00000225. The Morgan fingerprint density at radius 2 is 1.88 bits per heavy atom. The van der Waals surface area contributed by atoms with Crippen molar-refractivity contribution < 1.29 is 14.7 Å². The van der Waals surface area contributed by atoms with Gasteiger partial charge in [0.05, 0.1) is 13.1 Å². The van der Waals surface area contributed by atoms with Crippen molar-refractivity contribution in [3.8, 4) is 0 Å². The van der Waals surface area contributed by atoms with Gasteiger partial charge >= 0.3 is 5.97 Å². The van der Waals surface area contributed by atoms with Crippen molar-refractivity contribution in [2.24, 2.45) is 0 Å². The number of aliphatic carboxylic acids is 1. The van der Waals surface area contributed by atoms with E-state index in [0.29, 0.717) is 12.6 Å². The average molecular weight is 368 g/mol. The molecule has 3 rings (SSSR count). The number of carbonyl (C=O) groups is 2. The van der Waals surface area contributed by atoms with Gasteiger partial charge in [-0.15, -0.1) is 12.4 Å². The smallest absolute Gasteiger partial charge is 0.317 e. The van der Waals surface area contributed by atoms with Gasteiger partial charge < -0.3 is 10.0 Å². The number of hydrogen-bond acceptors (Lipinski definition) is 4. The summed E-state index contributed by atoms with van der Waals surface area (Å²) in [6.07, 6.45) is 2.76. The highest BCUT2D eigenvalue weighted by Crippen LogP contribution is 2.27. The zero-order valence-corrected chi connectivity index (χ0v) is 15.4. The first-order valence-corrected chi connectivity index (χ1v) is 8.57. The van der Waals surface area contributed by atoms with E-state index in [2.05, 4.69) is 11.0 Å². The van der Waals surface area contributed by atoms with Crippen LogP contribution in [0.1, 0.15) is 18.4 Å². The molecule has 6 nitrogen and oxygen atoms in total. The van der Waals surface area contributed by atoms with Gasteiger partial charge in [0.1, 0.15) is 0 Å². The van der Waals surface area contributed by atoms with Gasteiger partial charge in [-0.2, -0.15) is 0 Å². The number of carbonyl (C=O) groups excluding carboxylic acids is 1. The van der Waals surface area contributed by atoms with Crippen molar-refractivity contribution in [1.29, 1.82) is 0 Å². The Morgan fingerprint density at radius 3 is 2.56 bits per heavy atom. The van der Waals surface area contributed by atoms with Gasteiger partial charge in [0, 0.05) is 31.4 Å². The van der Waals surface area contributed by atoms with Crippen LogP contribution in [0.15, 0.2) is 24.3 Å². The molecule has 0 radical (unpaired) electrons. The average Bonchev–Trinajstić information content (AvgIpc) is 2.99. The third-order valence-electron chi connectivity index (χ3n) is 5.11. The van der Waals surface area contributed by atoms with Gasteiger partial charge in [0.2, 0.25) is 5.91 Å². The number of fused-ring (bicyclic) bond motifs is 1. The van der Waals surface area contributed by atoms with E-state index in [-0.39, 0.29) is 24.9 Å². The molecule has 138 valence electrons. The van der Waals surface area contributed by atoms with Crippen molar-refractivity contribution in [2.45, 2.75) is 25.3 Å². The molecule has 1 saturated heterocycles. The number of likely N-dealkylation sites (tertiary alicyclic amines) is 1. The second kappa shape index (κ2) is 8.65. The summed E-state index contributed by atoms with van der Waals surface area (Å²) in [5.74, 6) is -0.625. The van der Waals surface area contributed by atoms with Crippen molar-refractivity contribution in [3.63, 3.8) is 0 Å². The first kappa shape index (κ1) is 19.7. The van der Waals surface area contributed by atoms with Crippen LogP contribution < -0.4 is 4.90 Å². The number of amides is 1. The van der Waals surface area contributed by atoms with Crippen molar-refractivity contribution in [3.05, 3.63) is 29.8 Å². The van der Waals surface area contributed by atoms with E-state index in [4.69, 9.17) is 5.11 Å². The number of likely N-dealkylation sites (N-methyl/N-ethyl adjacent to an activating group) is 1. The summed E-state index contributed by atoms with van der Waals surface area (Å²) >= 11 is 0. The summed E-state index contributed by atoms with van der Waals surface area (Å²) in [6, 6.07) is 8.40. The number of carboxylic acid groups (broad SMARTS) is 1. The molecule has 1 N–H and O–H groups in total. The molecule has 2 heterocycles. The quantitative estimate of drug-likeness (QED) is 0.854. The van der Waals surface area contributed by atoms with Crippen molar-refractivity contribution in [2.75, 3.05) is 44.7 Å². The molecule has 0 aliphatic carbocycles. The SMILES string of the molecule is CN(CC(=O)O)C1CCN(CC(=O)N2CCc3ccccc32)CC1.Cl. The Hall–Kier alpha value is -1.63. The van der Waals surface area contributed by atoms with Crippen molar-refractivity contribution in [1.82, 2.24) is 9.80 Å². The number of halogens is 1. The molecule has 1 aromatic carbocycles. The predicted octanol–water partition coefficient (Wildman–Crippen LogP) is 1.48. The minimum atomic E-state index is -0.789. The molecule has 0 aromatic heterocycles. The number of rotatable bonds is 5. The Labute approximate surface area is 154 Å². The molecule has 0 atom stereocenters. The summed E-state index contributed by atoms with van der Waals surface area (Å²) in [6.45, 7) is 2.99. The van der Waals surface area contributed by atoms with Crippen LogP contribution in [-0.2, 0) is 16.0 Å². The van der Waals surface area contributed by atoms with Crippen LogP contribution in [0.25, 0.3) is 0 Å². The second-order valence-electron chi connectivity index (χ2n) is 6.74. The highest BCUT2D eigenvalue weighted by atomic mass is 35.5. The van der Waals surface area contributed by atoms with E-state index < -0.39 is 5.97 Å². The lowest BCUT2D eigenvalue weighted by molar-refractivity contribution is -0.138. The van der Waals surface area contributed by atoms with Gasteiger partial charge in [-0.1, -0.05) is 18.2 Å². The first-order chi connectivity index (χ1) is 11.5. The second-order valence-corrected chi connectivity index (χ2v) is 6.74. The fourth-order valence-electron chi connectivity index (χ4n) is 3.73. The standard InChI is InChI=1S/C18H25N3O3.ClH/c1-19(13-18(23)24)15-7-9-20(10-8-15)12-17(22)21-11-6-14-4-2-3-5-16(14)21;/h2-5,15H,6-13H2,1H3,(H,23,24);1H. The normalized spacial score (nSPS) is 18.1.